The van der Waals surface area contributed by atoms with Gasteiger partial charge in [-0.15, -0.1) is 0 Å². The lowest BCUT2D eigenvalue weighted by Crippen LogP contribution is -2.28. The number of aromatic nitrogens is 1. The summed E-state index contributed by atoms with van der Waals surface area (Å²) in [6, 6.07) is 3.87. The quantitative estimate of drug-likeness (QED) is 0.805. The van der Waals surface area contributed by atoms with Crippen LogP contribution in [0.25, 0.3) is 10.9 Å². The molecule has 1 aromatic carbocycles. The minimum absolute atomic E-state index is 0.191. The lowest BCUT2D eigenvalue weighted by molar-refractivity contribution is 0.578. The Labute approximate surface area is 137 Å². The molecule has 0 aliphatic heterocycles. The third-order valence-corrected chi connectivity index (χ3v) is 5.68. The van der Waals surface area contributed by atoms with Crippen molar-refractivity contribution in [2.75, 3.05) is 12.3 Å². The summed E-state index contributed by atoms with van der Waals surface area (Å²) in [5.41, 5.74) is 4.30. The lowest BCUT2D eigenvalue weighted by Gasteiger charge is -2.07. The predicted octanol–water partition coefficient (Wildman–Crippen LogP) is 3.70. The summed E-state index contributed by atoms with van der Waals surface area (Å²) in [5, 5.41) is 1.71. The molecular weight excluding hydrogens is 320 g/mol. The van der Waals surface area contributed by atoms with E-state index < -0.39 is 10.0 Å². The number of halogens is 1. The van der Waals surface area contributed by atoms with Gasteiger partial charge in [0.1, 0.15) is 0 Å². The van der Waals surface area contributed by atoms with Crippen molar-refractivity contribution < 1.29 is 8.42 Å². The van der Waals surface area contributed by atoms with Crippen molar-refractivity contribution in [1.29, 1.82) is 0 Å². The Morgan fingerprint density at radius 2 is 2.00 bits per heavy atom. The number of hydrogen-bond donors (Lipinski definition) is 2. The fourth-order valence-electron chi connectivity index (χ4n) is 2.64. The second-order valence-electron chi connectivity index (χ2n) is 5.66. The zero-order valence-electron chi connectivity index (χ0n) is 13.3. The molecule has 2 rings (SSSR count). The normalized spacial score (nSPS) is 12.2. The van der Waals surface area contributed by atoms with Crippen molar-refractivity contribution in [1.82, 2.24) is 9.71 Å². The minimum atomic E-state index is -3.17. The van der Waals surface area contributed by atoms with Gasteiger partial charge in [-0.2, -0.15) is 0 Å². The topological polar surface area (TPSA) is 62.0 Å². The monoisotopic (exact) mass is 342 g/mol. The van der Waals surface area contributed by atoms with E-state index in [4.69, 9.17) is 11.6 Å². The van der Waals surface area contributed by atoms with Gasteiger partial charge in [-0.1, -0.05) is 31.0 Å². The van der Waals surface area contributed by atoms with E-state index in [1.54, 1.807) is 0 Å². The zero-order chi connectivity index (χ0) is 16.3. The SMILES string of the molecule is CCCCS(=O)(=O)NCCc1c(C)[nH]c2c(C)ccc(Cl)c12. The highest BCUT2D eigenvalue weighted by Gasteiger charge is 2.14. The highest BCUT2D eigenvalue weighted by atomic mass is 35.5. The standard InChI is InChI=1S/C16H23ClN2O2S/c1-4-5-10-22(20,21)18-9-8-13-12(3)19-16-11(2)6-7-14(17)15(13)16/h6-7,18-19H,4-5,8-10H2,1-3H3. The number of hydrogen-bond acceptors (Lipinski definition) is 2. The number of H-pyrrole nitrogens is 1. The van der Waals surface area contributed by atoms with Crippen LogP contribution in [0.5, 0.6) is 0 Å². The fraction of sp³-hybridized carbons (Fsp3) is 0.500. The minimum Gasteiger partial charge on any atom is -0.358 e. The maximum Gasteiger partial charge on any atom is 0.211 e. The van der Waals surface area contributed by atoms with Gasteiger partial charge in [-0.05, 0) is 43.9 Å². The summed E-state index contributed by atoms with van der Waals surface area (Å²) in [4.78, 5) is 3.36. The van der Waals surface area contributed by atoms with Gasteiger partial charge in [0, 0.05) is 17.6 Å². The largest absolute Gasteiger partial charge is 0.358 e. The predicted molar refractivity (Wildman–Crippen MR) is 93.2 cm³/mol. The lowest BCUT2D eigenvalue weighted by atomic mass is 10.1. The first kappa shape index (κ1) is 17.3. The van der Waals surface area contributed by atoms with Crippen LogP contribution in [0.3, 0.4) is 0 Å². The molecule has 0 fully saturated rings. The number of fused-ring (bicyclic) bond motifs is 1. The van der Waals surface area contributed by atoms with E-state index >= 15 is 0 Å². The van der Waals surface area contributed by atoms with E-state index in [-0.39, 0.29) is 5.75 Å². The molecule has 0 spiro atoms. The zero-order valence-corrected chi connectivity index (χ0v) is 14.9. The molecule has 0 saturated carbocycles. The van der Waals surface area contributed by atoms with E-state index in [2.05, 4.69) is 9.71 Å². The maximum absolute atomic E-state index is 11.8. The van der Waals surface area contributed by atoms with Gasteiger partial charge in [0.15, 0.2) is 0 Å². The Balaban J connectivity index is 2.16. The van der Waals surface area contributed by atoms with Gasteiger partial charge >= 0.3 is 0 Å². The molecule has 4 nitrogen and oxygen atoms in total. The smallest absolute Gasteiger partial charge is 0.211 e. The van der Waals surface area contributed by atoms with Crippen molar-refractivity contribution in [3.63, 3.8) is 0 Å². The first-order valence-electron chi connectivity index (χ1n) is 7.59. The fourth-order valence-corrected chi connectivity index (χ4v) is 4.14. The molecule has 2 aromatic rings. The number of sulfonamides is 1. The summed E-state index contributed by atoms with van der Waals surface area (Å²) in [5.74, 6) is 0.191. The van der Waals surface area contributed by atoms with Gasteiger partial charge in [0.05, 0.1) is 16.3 Å². The molecule has 1 aromatic heterocycles. The van der Waals surface area contributed by atoms with Crippen molar-refractivity contribution in [3.8, 4) is 0 Å². The summed E-state index contributed by atoms with van der Waals surface area (Å²) >= 11 is 6.33. The van der Waals surface area contributed by atoms with Crippen LogP contribution in [0.15, 0.2) is 12.1 Å². The molecule has 122 valence electrons. The maximum atomic E-state index is 11.8. The molecule has 6 heteroatoms. The van der Waals surface area contributed by atoms with E-state index in [0.29, 0.717) is 24.4 Å². The number of nitrogens with one attached hydrogen (secondary N) is 2. The van der Waals surface area contributed by atoms with Crippen LogP contribution in [0.4, 0.5) is 0 Å². The highest BCUT2D eigenvalue weighted by molar-refractivity contribution is 7.89. The first-order chi connectivity index (χ1) is 10.4. The van der Waals surface area contributed by atoms with Gasteiger partial charge in [0.2, 0.25) is 10.0 Å². The number of benzene rings is 1. The van der Waals surface area contributed by atoms with E-state index in [9.17, 15) is 8.42 Å². The summed E-state index contributed by atoms with van der Waals surface area (Å²) in [7, 11) is -3.17. The molecule has 0 aliphatic rings. The Kier molecular flexibility index (Phi) is 5.53. The molecule has 0 atom stereocenters. The van der Waals surface area contributed by atoms with Crippen molar-refractivity contribution in [2.24, 2.45) is 0 Å². The summed E-state index contributed by atoms with van der Waals surface area (Å²) in [6.45, 7) is 6.40. The van der Waals surface area contributed by atoms with Crippen LogP contribution < -0.4 is 4.72 Å². The number of aryl methyl sites for hydroxylation is 2. The highest BCUT2D eigenvalue weighted by Crippen LogP contribution is 2.31. The van der Waals surface area contributed by atoms with E-state index in [1.807, 2.05) is 32.9 Å². The summed E-state index contributed by atoms with van der Waals surface area (Å²) < 4.78 is 26.4. The second kappa shape index (κ2) is 7.02. The van der Waals surface area contributed by atoms with Crippen LogP contribution in [0.2, 0.25) is 5.02 Å². The van der Waals surface area contributed by atoms with Gasteiger partial charge in [-0.3, -0.25) is 0 Å². The van der Waals surface area contributed by atoms with Crippen molar-refractivity contribution >= 4 is 32.5 Å². The second-order valence-corrected chi connectivity index (χ2v) is 7.99. The van der Waals surface area contributed by atoms with E-state index in [1.165, 1.54) is 0 Å². The molecule has 0 radical (unpaired) electrons. The Morgan fingerprint density at radius 3 is 2.68 bits per heavy atom. The third kappa shape index (κ3) is 3.83. The van der Waals surface area contributed by atoms with E-state index in [0.717, 1.165) is 34.1 Å². The molecule has 0 aliphatic carbocycles. The molecule has 0 amide bonds. The van der Waals surface area contributed by atoms with Crippen molar-refractivity contribution in [3.05, 3.63) is 34.0 Å². The number of rotatable bonds is 7. The van der Waals surface area contributed by atoms with Gasteiger partial charge in [0.25, 0.3) is 0 Å². The van der Waals surface area contributed by atoms with Crippen LogP contribution in [0.1, 0.15) is 36.6 Å². The third-order valence-electron chi connectivity index (χ3n) is 3.89. The molecule has 22 heavy (non-hydrogen) atoms. The average molecular weight is 343 g/mol. The molecule has 2 N–H and O–H groups in total. The molecule has 0 bridgehead atoms. The Hall–Kier alpha value is -1.04. The summed E-state index contributed by atoms with van der Waals surface area (Å²) in [6.07, 6.45) is 2.18. The molecule has 0 unspecified atom stereocenters. The Morgan fingerprint density at radius 1 is 1.27 bits per heavy atom. The first-order valence-corrected chi connectivity index (χ1v) is 9.62. The number of aromatic amines is 1. The van der Waals surface area contributed by atoms with Gasteiger partial charge in [-0.25, -0.2) is 13.1 Å². The van der Waals surface area contributed by atoms with Crippen LogP contribution in [-0.2, 0) is 16.4 Å². The Bertz CT molecular complexity index is 766. The van der Waals surface area contributed by atoms with Crippen LogP contribution in [-0.4, -0.2) is 25.7 Å². The molecular formula is C16H23ClN2O2S. The van der Waals surface area contributed by atoms with Crippen LogP contribution >= 0.6 is 11.6 Å². The number of unbranched alkanes of at least 4 members (excludes halogenated alkanes) is 1. The van der Waals surface area contributed by atoms with Crippen LogP contribution in [0, 0.1) is 13.8 Å². The van der Waals surface area contributed by atoms with Gasteiger partial charge < -0.3 is 4.98 Å². The molecule has 1 heterocycles. The molecule has 0 saturated heterocycles. The van der Waals surface area contributed by atoms with Crippen molar-refractivity contribution in [2.45, 2.75) is 40.0 Å². The average Bonchev–Trinajstić information content (AvgIpc) is 2.79.